The second kappa shape index (κ2) is 9.41. The van der Waals surface area contributed by atoms with Gasteiger partial charge < -0.3 is 9.84 Å². The summed E-state index contributed by atoms with van der Waals surface area (Å²) in [5.41, 5.74) is 5.94. The number of phenolic OH excluding ortho intramolecular Hbond substituents is 1. The van der Waals surface area contributed by atoms with Crippen molar-refractivity contribution in [1.82, 2.24) is 0 Å². The average Bonchev–Trinajstić information content (AvgIpc) is 2.94. The Morgan fingerprint density at radius 1 is 1.02 bits per heavy atom. The molecule has 0 aliphatic heterocycles. The number of methoxy groups -OCH3 is 1. The van der Waals surface area contributed by atoms with Crippen LogP contribution in [0.2, 0.25) is 0 Å². The van der Waals surface area contributed by atoms with E-state index in [4.69, 9.17) is 4.74 Å². The molecule has 7 atom stereocenters. The normalized spacial score (nSPS) is 38.3. The van der Waals surface area contributed by atoms with Gasteiger partial charge in [-0.3, -0.25) is 4.79 Å². The fraction of sp³-hybridized carbons (Fsp3) is 0.583. The van der Waals surface area contributed by atoms with E-state index in [1.165, 1.54) is 61.4 Å². The van der Waals surface area contributed by atoms with Crippen LogP contribution in [0.1, 0.15) is 112 Å². The SMILES string of the molecule is COc1cc2c(c(C)c1O)C(SC(=O)c1ccccc1)C=C1[C@@]2(C)CC[C@@]2(C)[C@@H]3C[C@@H](C)CC[C@]3(C)CC[C@]12C. The molecule has 3 nitrogen and oxygen atoms in total. The van der Waals surface area contributed by atoms with E-state index >= 15 is 0 Å². The van der Waals surface area contributed by atoms with E-state index in [9.17, 15) is 9.90 Å². The monoisotopic (exact) mass is 558 g/mol. The Bertz CT molecular complexity index is 1380. The minimum Gasteiger partial charge on any atom is -0.504 e. The standard InChI is InChI=1S/C36H46O3S/c1-22-13-14-33(3)15-17-36(6)29-21-27(40-32(38)24-11-9-8-10-12-24)30-23(2)31(37)26(39-7)20-25(30)34(29,4)16-18-35(36,5)28(33)19-22/h8-12,20-22,27-28,37H,13-19H2,1-7H3/t22-,27?,28+,33+,34-,35-,36+/m0/s1. The largest absolute Gasteiger partial charge is 0.504 e. The summed E-state index contributed by atoms with van der Waals surface area (Å²) in [4.78, 5) is 13.6. The number of rotatable bonds is 3. The van der Waals surface area contributed by atoms with Crippen LogP contribution >= 0.6 is 11.8 Å². The van der Waals surface area contributed by atoms with Crippen molar-refractivity contribution in [1.29, 1.82) is 0 Å². The van der Waals surface area contributed by atoms with Gasteiger partial charge in [-0.1, -0.05) is 94.8 Å². The lowest BCUT2D eigenvalue weighted by molar-refractivity contribution is -0.145. The molecule has 40 heavy (non-hydrogen) atoms. The third-order valence-corrected chi connectivity index (χ3v) is 13.5. The Labute approximate surface area is 245 Å². The molecule has 4 aliphatic rings. The van der Waals surface area contributed by atoms with Gasteiger partial charge >= 0.3 is 0 Å². The predicted molar refractivity (Wildman–Crippen MR) is 165 cm³/mol. The van der Waals surface area contributed by atoms with Crippen molar-refractivity contribution < 1.29 is 14.6 Å². The number of thioether (sulfide) groups is 1. The minimum atomic E-state index is -0.157. The quantitative estimate of drug-likeness (QED) is 0.381. The number of benzene rings is 2. The first kappa shape index (κ1) is 27.9. The number of ether oxygens (including phenoxy) is 1. The van der Waals surface area contributed by atoms with Gasteiger partial charge in [0.25, 0.3) is 0 Å². The minimum absolute atomic E-state index is 0.0482. The van der Waals surface area contributed by atoms with Gasteiger partial charge in [-0.15, -0.1) is 0 Å². The van der Waals surface area contributed by atoms with E-state index in [0.717, 1.165) is 29.0 Å². The van der Waals surface area contributed by atoms with Crippen LogP contribution in [0.3, 0.4) is 0 Å². The number of hydrogen-bond donors (Lipinski definition) is 1. The van der Waals surface area contributed by atoms with Gasteiger partial charge in [0, 0.05) is 11.0 Å². The summed E-state index contributed by atoms with van der Waals surface area (Å²) in [6, 6.07) is 11.7. The topological polar surface area (TPSA) is 46.5 Å². The van der Waals surface area contributed by atoms with Crippen LogP contribution in [-0.2, 0) is 5.41 Å². The summed E-state index contributed by atoms with van der Waals surface area (Å²) in [5, 5.41) is 11.0. The van der Waals surface area contributed by atoms with E-state index in [1.54, 1.807) is 7.11 Å². The van der Waals surface area contributed by atoms with Crippen LogP contribution in [0.25, 0.3) is 0 Å². The smallest absolute Gasteiger partial charge is 0.220 e. The second-order valence-electron chi connectivity index (χ2n) is 14.5. The number of fused-ring (bicyclic) bond motifs is 7. The summed E-state index contributed by atoms with van der Waals surface area (Å²) < 4.78 is 5.71. The first-order chi connectivity index (χ1) is 18.9. The molecule has 1 N–H and O–H groups in total. The van der Waals surface area contributed by atoms with Gasteiger partial charge in [0.05, 0.1) is 12.4 Å². The van der Waals surface area contributed by atoms with Gasteiger partial charge in [0.15, 0.2) is 11.5 Å². The van der Waals surface area contributed by atoms with E-state index in [1.807, 2.05) is 37.3 Å². The molecular weight excluding hydrogens is 512 g/mol. The highest BCUT2D eigenvalue weighted by molar-refractivity contribution is 8.14. The Morgan fingerprint density at radius 2 is 1.75 bits per heavy atom. The molecule has 4 heteroatoms. The summed E-state index contributed by atoms with van der Waals surface area (Å²) >= 11 is 1.40. The molecular formula is C36H46O3S. The molecule has 0 amide bonds. The van der Waals surface area contributed by atoms with Gasteiger partial charge in [-0.25, -0.2) is 0 Å². The van der Waals surface area contributed by atoms with Crippen LogP contribution in [0.4, 0.5) is 0 Å². The highest BCUT2D eigenvalue weighted by Crippen LogP contribution is 2.74. The van der Waals surface area contributed by atoms with E-state index < -0.39 is 0 Å². The van der Waals surface area contributed by atoms with Gasteiger partial charge in [-0.2, -0.15) is 0 Å². The maximum absolute atomic E-state index is 13.6. The Morgan fingerprint density at radius 3 is 2.45 bits per heavy atom. The molecule has 1 unspecified atom stereocenters. The van der Waals surface area contributed by atoms with Gasteiger partial charge in [-0.05, 0) is 96.3 Å². The van der Waals surface area contributed by atoms with Crippen LogP contribution in [-0.4, -0.2) is 17.3 Å². The molecule has 214 valence electrons. The molecule has 3 saturated carbocycles. The third-order valence-electron chi connectivity index (χ3n) is 12.5. The predicted octanol–water partition coefficient (Wildman–Crippen LogP) is 9.56. The summed E-state index contributed by atoms with van der Waals surface area (Å²) in [7, 11) is 1.64. The van der Waals surface area contributed by atoms with Crippen molar-refractivity contribution >= 4 is 16.9 Å². The Kier molecular flexibility index (Phi) is 6.57. The molecule has 2 aromatic rings. The van der Waals surface area contributed by atoms with Crippen molar-refractivity contribution in [2.45, 2.75) is 97.2 Å². The van der Waals surface area contributed by atoms with Crippen LogP contribution in [0.15, 0.2) is 48.0 Å². The number of hydrogen-bond acceptors (Lipinski definition) is 4. The second-order valence-corrected chi connectivity index (χ2v) is 15.6. The summed E-state index contributed by atoms with van der Waals surface area (Å²) in [6.45, 7) is 14.6. The molecule has 4 aliphatic carbocycles. The Hall–Kier alpha value is -2.20. The molecule has 0 heterocycles. The van der Waals surface area contributed by atoms with Crippen LogP contribution < -0.4 is 4.74 Å². The van der Waals surface area contributed by atoms with Crippen molar-refractivity contribution in [3.63, 3.8) is 0 Å². The number of allylic oxidation sites excluding steroid dienone is 1. The summed E-state index contributed by atoms with van der Waals surface area (Å²) in [5.74, 6) is 2.22. The van der Waals surface area contributed by atoms with Crippen LogP contribution in [0, 0.1) is 35.0 Å². The van der Waals surface area contributed by atoms with Gasteiger partial charge in [0.1, 0.15) is 0 Å². The Balaban J connectivity index is 1.52. The molecule has 0 bridgehead atoms. The lowest BCUT2D eigenvalue weighted by Crippen LogP contribution is -2.61. The number of phenols is 1. The van der Waals surface area contributed by atoms with Crippen molar-refractivity contribution in [3.05, 3.63) is 70.3 Å². The molecule has 0 saturated heterocycles. The maximum atomic E-state index is 13.6. The summed E-state index contributed by atoms with van der Waals surface area (Å²) in [6.07, 6.45) is 11.3. The first-order valence-electron chi connectivity index (χ1n) is 15.3. The fourth-order valence-electron chi connectivity index (χ4n) is 9.74. The molecule has 2 aromatic carbocycles. The van der Waals surface area contributed by atoms with Crippen molar-refractivity contribution in [2.75, 3.05) is 7.11 Å². The molecule has 0 radical (unpaired) electrons. The van der Waals surface area contributed by atoms with E-state index in [0.29, 0.717) is 17.1 Å². The maximum Gasteiger partial charge on any atom is 0.220 e. The van der Waals surface area contributed by atoms with Crippen molar-refractivity contribution in [2.24, 2.45) is 28.1 Å². The van der Waals surface area contributed by atoms with E-state index in [-0.39, 0.29) is 32.4 Å². The third kappa shape index (κ3) is 3.80. The highest BCUT2D eigenvalue weighted by Gasteiger charge is 2.65. The van der Waals surface area contributed by atoms with Crippen LogP contribution in [0.5, 0.6) is 11.5 Å². The lowest BCUT2D eigenvalue weighted by Gasteiger charge is -2.69. The molecule has 0 aromatic heterocycles. The number of aromatic hydroxyl groups is 1. The lowest BCUT2D eigenvalue weighted by atomic mass is 9.35. The first-order valence-corrected chi connectivity index (χ1v) is 16.2. The zero-order valence-electron chi connectivity index (χ0n) is 25.4. The highest BCUT2D eigenvalue weighted by atomic mass is 32.2. The average molecular weight is 559 g/mol. The molecule has 0 spiro atoms. The zero-order valence-corrected chi connectivity index (χ0v) is 26.2. The number of carbonyl (C=O) groups excluding carboxylic acids is 1. The van der Waals surface area contributed by atoms with E-state index in [2.05, 4.69) is 46.8 Å². The van der Waals surface area contributed by atoms with Crippen molar-refractivity contribution in [3.8, 4) is 11.5 Å². The van der Waals surface area contributed by atoms with Gasteiger partial charge in [0.2, 0.25) is 5.12 Å². The number of carbonyl (C=O) groups is 1. The zero-order chi connectivity index (χ0) is 28.7. The molecule has 6 rings (SSSR count). The molecule has 3 fully saturated rings. The fourth-order valence-corrected chi connectivity index (χ4v) is 10.9.